The zero-order valence-electron chi connectivity index (χ0n) is 10.5. The van der Waals surface area contributed by atoms with Crippen molar-refractivity contribution in [2.24, 2.45) is 0 Å². The summed E-state index contributed by atoms with van der Waals surface area (Å²) in [5.74, 6) is 0. The van der Waals surface area contributed by atoms with Gasteiger partial charge >= 0.3 is 6.03 Å². The highest BCUT2D eigenvalue weighted by atomic mass is 16.7. The highest BCUT2D eigenvalue weighted by molar-refractivity contribution is 5.89. The van der Waals surface area contributed by atoms with Crippen molar-refractivity contribution in [2.75, 3.05) is 5.32 Å². The van der Waals surface area contributed by atoms with Crippen LogP contribution in [0.4, 0.5) is 10.5 Å². The molecule has 0 radical (unpaired) electrons. The van der Waals surface area contributed by atoms with Crippen LogP contribution in [0, 0.1) is 0 Å². The van der Waals surface area contributed by atoms with Gasteiger partial charge in [0, 0.05) is 5.69 Å². The molecule has 5 nitrogen and oxygen atoms in total. The van der Waals surface area contributed by atoms with Crippen molar-refractivity contribution >= 4 is 11.7 Å². The molecular weight excluding hydrogens is 244 g/mol. The molecule has 1 aliphatic carbocycles. The first-order chi connectivity index (χ1) is 9.26. The van der Waals surface area contributed by atoms with Gasteiger partial charge in [0.2, 0.25) is 0 Å². The zero-order valence-corrected chi connectivity index (χ0v) is 10.5. The minimum atomic E-state index is -0.254. The minimum Gasteiger partial charge on any atom is -0.392 e. The number of fused-ring (bicyclic) bond motifs is 2. The summed E-state index contributed by atoms with van der Waals surface area (Å²) in [7, 11) is 0. The second kappa shape index (κ2) is 5.03. The van der Waals surface area contributed by atoms with E-state index in [1.165, 1.54) is 5.06 Å². The quantitative estimate of drug-likeness (QED) is 0.800. The van der Waals surface area contributed by atoms with Crippen molar-refractivity contribution in [3.8, 4) is 0 Å². The molecule has 4 rings (SSSR count). The van der Waals surface area contributed by atoms with E-state index in [2.05, 4.69) is 5.32 Å². The number of nitrogens with one attached hydrogen (secondary N) is 1. The summed E-state index contributed by atoms with van der Waals surface area (Å²) in [5, 5.41) is 13.2. The number of aliphatic hydroxyl groups excluding tert-OH is 1. The average molecular weight is 260 g/mol. The number of aliphatic hydroxyl groups is 1. The molecule has 2 aliphatic heterocycles. The van der Waals surface area contributed by atoms with Gasteiger partial charge < -0.3 is 10.4 Å². The van der Waals surface area contributed by atoms with E-state index in [9.17, 15) is 4.79 Å². The zero-order chi connectivity index (χ0) is 13.2. The molecule has 100 valence electrons. The van der Waals surface area contributed by atoms with E-state index in [-0.39, 0.29) is 24.8 Å². The first-order valence-electron chi connectivity index (χ1n) is 6.41. The van der Waals surface area contributed by atoms with Gasteiger partial charge in [-0.15, -0.1) is 0 Å². The fourth-order valence-corrected chi connectivity index (χ4v) is 2.36. The van der Waals surface area contributed by atoms with Crippen LogP contribution >= 0.6 is 0 Å². The molecule has 2 bridgehead atoms. The summed E-state index contributed by atoms with van der Waals surface area (Å²) in [4.78, 5) is 17.7. The molecule has 0 spiro atoms. The molecule has 1 aromatic rings. The van der Waals surface area contributed by atoms with Crippen molar-refractivity contribution in [1.29, 1.82) is 0 Å². The number of hydroxylamine groups is 2. The smallest absolute Gasteiger partial charge is 0.346 e. The standard InChI is InChI=1S/C14H16N2O3/c17-9-10-1-3-11(4-2-10)15-14(18)16-12-5-7-13(19-16)8-6-12/h1-5,7,12-13,17H,6,8-9H2,(H,15,18). The van der Waals surface area contributed by atoms with Crippen LogP contribution < -0.4 is 5.32 Å². The van der Waals surface area contributed by atoms with Crippen LogP contribution in [0.3, 0.4) is 0 Å². The fraction of sp³-hybridized carbons (Fsp3) is 0.357. The maximum atomic E-state index is 12.1. The summed E-state index contributed by atoms with van der Waals surface area (Å²) in [5.41, 5.74) is 1.51. The number of urea groups is 1. The predicted molar refractivity (Wildman–Crippen MR) is 70.3 cm³/mol. The highest BCUT2D eigenvalue weighted by Gasteiger charge is 2.34. The third kappa shape index (κ3) is 2.47. The van der Waals surface area contributed by atoms with Gasteiger partial charge in [-0.25, -0.2) is 4.79 Å². The summed E-state index contributed by atoms with van der Waals surface area (Å²) in [6, 6.07) is 6.86. The van der Waals surface area contributed by atoms with E-state index in [4.69, 9.17) is 9.94 Å². The molecule has 1 saturated heterocycles. The lowest BCUT2D eigenvalue weighted by Crippen LogP contribution is -2.50. The van der Waals surface area contributed by atoms with Crippen LogP contribution in [0.15, 0.2) is 36.4 Å². The SMILES string of the molecule is O=C(Nc1ccc(CO)cc1)N1OC2C=CC1CC2. The van der Waals surface area contributed by atoms with Crippen LogP contribution in [0.1, 0.15) is 18.4 Å². The normalized spacial score (nSPS) is 24.6. The van der Waals surface area contributed by atoms with Crippen LogP contribution in [-0.4, -0.2) is 28.3 Å². The predicted octanol–water partition coefficient (Wildman–Crippen LogP) is 2.05. The van der Waals surface area contributed by atoms with E-state index >= 15 is 0 Å². The number of nitrogens with zero attached hydrogens (tertiary/aromatic N) is 1. The highest BCUT2D eigenvalue weighted by Crippen LogP contribution is 2.28. The third-order valence-corrected chi connectivity index (χ3v) is 3.43. The molecule has 19 heavy (non-hydrogen) atoms. The molecule has 1 aromatic carbocycles. The van der Waals surface area contributed by atoms with Gasteiger partial charge in [0.05, 0.1) is 12.6 Å². The fourth-order valence-electron chi connectivity index (χ4n) is 2.36. The average Bonchev–Trinajstić information content (AvgIpc) is 2.49. The van der Waals surface area contributed by atoms with E-state index in [1.807, 2.05) is 12.2 Å². The number of anilines is 1. The first kappa shape index (κ1) is 12.2. The molecule has 3 aliphatic rings. The lowest BCUT2D eigenvalue weighted by atomic mass is 9.98. The summed E-state index contributed by atoms with van der Waals surface area (Å²) in [6.07, 6.45) is 5.96. The largest absolute Gasteiger partial charge is 0.392 e. The maximum absolute atomic E-state index is 12.1. The molecule has 2 N–H and O–H groups in total. The molecule has 2 heterocycles. The minimum absolute atomic E-state index is 0.00197. The van der Waals surface area contributed by atoms with Crippen molar-refractivity contribution in [3.63, 3.8) is 0 Å². The van der Waals surface area contributed by atoms with Gasteiger partial charge in [-0.3, -0.25) is 4.84 Å². The molecule has 1 fully saturated rings. The summed E-state index contributed by atoms with van der Waals surface area (Å²) in [6.45, 7) is -0.00197. The molecule has 2 amide bonds. The van der Waals surface area contributed by atoms with Crippen LogP contribution in [-0.2, 0) is 11.4 Å². The number of rotatable bonds is 2. The van der Waals surface area contributed by atoms with E-state index in [1.54, 1.807) is 24.3 Å². The van der Waals surface area contributed by atoms with Gasteiger partial charge in [0.15, 0.2) is 0 Å². The Kier molecular flexibility index (Phi) is 3.23. The molecule has 0 aromatic heterocycles. The Morgan fingerprint density at radius 3 is 2.63 bits per heavy atom. The molecule has 0 saturated carbocycles. The van der Waals surface area contributed by atoms with Crippen LogP contribution in [0.25, 0.3) is 0 Å². The van der Waals surface area contributed by atoms with Crippen molar-refractivity contribution in [1.82, 2.24) is 5.06 Å². The molecular formula is C14H16N2O3. The number of hydrogen-bond acceptors (Lipinski definition) is 3. The van der Waals surface area contributed by atoms with E-state index in [0.29, 0.717) is 5.69 Å². The van der Waals surface area contributed by atoms with E-state index < -0.39 is 0 Å². The topological polar surface area (TPSA) is 61.8 Å². The van der Waals surface area contributed by atoms with Crippen LogP contribution in [0.2, 0.25) is 0 Å². The summed E-state index contributed by atoms with van der Waals surface area (Å²) < 4.78 is 0. The van der Waals surface area contributed by atoms with E-state index in [0.717, 1.165) is 18.4 Å². The second-order valence-electron chi connectivity index (χ2n) is 4.78. The number of carbonyl (C=O) groups excluding carboxylic acids is 1. The summed E-state index contributed by atoms with van der Waals surface area (Å²) >= 11 is 0. The Balaban J connectivity index is 1.66. The molecule has 2 unspecified atom stereocenters. The number of benzene rings is 1. The van der Waals surface area contributed by atoms with Gasteiger partial charge in [-0.1, -0.05) is 24.3 Å². The second-order valence-corrected chi connectivity index (χ2v) is 4.78. The lowest BCUT2D eigenvalue weighted by Gasteiger charge is -2.39. The van der Waals surface area contributed by atoms with Gasteiger partial charge in [-0.2, -0.15) is 5.06 Å². The Bertz CT molecular complexity index is 498. The molecule has 2 atom stereocenters. The Morgan fingerprint density at radius 2 is 2.11 bits per heavy atom. The van der Waals surface area contributed by atoms with Crippen molar-refractivity contribution < 1.29 is 14.7 Å². The van der Waals surface area contributed by atoms with Crippen molar-refractivity contribution in [2.45, 2.75) is 31.6 Å². The molecule has 5 heteroatoms. The van der Waals surface area contributed by atoms with Gasteiger partial charge in [0.25, 0.3) is 0 Å². The Morgan fingerprint density at radius 1 is 1.32 bits per heavy atom. The first-order valence-corrected chi connectivity index (χ1v) is 6.41. The van der Waals surface area contributed by atoms with Gasteiger partial charge in [-0.05, 0) is 30.5 Å². The third-order valence-electron chi connectivity index (χ3n) is 3.43. The number of amides is 2. The lowest BCUT2D eigenvalue weighted by molar-refractivity contribution is -0.192. The van der Waals surface area contributed by atoms with Crippen molar-refractivity contribution in [3.05, 3.63) is 42.0 Å². The number of carbonyl (C=O) groups is 1. The monoisotopic (exact) mass is 260 g/mol. The van der Waals surface area contributed by atoms with Gasteiger partial charge in [0.1, 0.15) is 6.10 Å². The number of hydrogen-bond donors (Lipinski definition) is 2. The maximum Gasteiger partial charge on any atom is 0.346 e. The van der Waals surface area contributed by atoms with Crippen LogP contribution in [0.5, 0.6) is 0 Å². The Labute approximate surface area is 111 Å². The Hall–Kier alpha value is -1.85.